The second kappa shape index (κ2) is 6.74. The molecular weight excluding hydrogens is 282 g/mol. The van der Waals surface area contributed by atoms with Gasteiger partial charge in [0.15, 0.2) is 5.78 Å². The Hall–Kier alpha value is -2.57. The van der Waals surface area contributed by atoms with E-state index in [-0.39, 0.29) is 23.5 Å². The number of benzene rings is 1. The van der Waals surface area contributed by atoms with Crippen molar-refractivity contribution in [2.45, 2.75) is 13.0 Å². The van der Waals surface area contributed by atoms with Crippen LogP contribution in [0.5, 0.6) is 11.6 Å². The molecule has 5 nitrogen and oxygen atoms in total. The quantitative estimate of drug-likeness (QED) is 0.766. The standard InChI is InChI=1S/C14H12F2N2O3/c1-20-13-7-9(17-8-18-13)6-11(19)10-4-2-3-5-12(10)21-14(15)16/h2-5,7-8,14H,6H2,1H3. The van der Waals surface area contributed by atoms with Gasteiger partial charge in [0.2, 0.25) is 5.88 Å². The van der Waals surface area contributed by atoms with Crippen molar-refractivity contribution < 1.29 is 23.0 Å². The third-order valence-corrected chi connectivity index (χ3v) is 2.65. The number of hydrogen-bond donors (Lipinski definition) is 0. The van der Waals surface area contributed by atoms with Crippen LogP contribution in [0.1, 0.15) is 16.1 Å². The van der Waals surface area contributed by atoms with Crippen molar-refractivity contribution in [3.8, 4) is 11.6 Å². The van der Waals surface area contributed by atoms with Gasteiger partial charge in [0, 0.05) is 6.07 Å². The van der Waals surface area contributed by atoms with E-state index in [0.29, 0.717) is 11.6 Å². The minimum absolute atomic E-state index is 0.0670. The molecule has 2 aromatic rings. The van der Waals surface area contributed by atoms with Crippen molar-refractivity contribution in [2.24, 2.45) is 0 Å². The zero-order valence-electron chi connectivity index (χ0n) is 11.1. The third-order valence-electron chi connectivity index (χ3n) is 2.65. The van der Waals surface area contributed by atoms with Crippen LogP contribution in [-0.2, 0) is 6.42 Å². The fourth-order valence-corrected chi connectivity index (χ4v) is 1.74. The fraction of sp³-hybridized carbons (Fsp3) is 0.214. The van der Waals surface area contributed by atoms with Crippen molar-refractivity contribution in [1.29, 1.82) is 0 Å². The Balaban J connectivity index is 2.20. The van der Waals surface area contributed by atoms with Crippen molar-refractivity contribution in [3.63, 3.8) is 0 Å². The van der Waals surface area contributed by atoms with E-state index in [1.807, 2.05) is 0 Å². The van der Waals surface area contributed by atoms with E-state index < -0.39 is 6.61 Å². The van der Waals surface area contributed by atoms with E-state index in [0.717, 1.165) is 0 Å². The number of carbonyl (C=O) groups is 1. The van der Waals surface area contributed by atoms with Gasteiger partial charge in [-0.15, -0.1) is 0 Å². The maximum absolute atomic E-state index is 12.3. The van der Waals surface area contributed by atoms with Gasteiger partial charge in [-0.3, -0.25) is 4.79 Å². The molecule has 0 saturated heterocycles. The number of alkyl halides is 2. The predicted octanol–water partition coefficient (Wildman–Crippen LogP) is 2.51. The van der Waals surface area contributed by atoms with Crippen LogP contribution in [0.2, 0.25) is 0 Å². The minimum atomic E-state index is -2.99. The number of nitrogens with zero attached hydrogens (tertiary/aromatic N) is 2. The second-order valence-corrected chi connectivity index (χ2v) is 4.03. The second-order valence-electron chi connectivity index (χ2n) is 4.03. The van der Waals surface area contributed by atoms with Crippen LogP contribution in [0.4, 0.5) is 8.78 Å². The lowest BCUT2D eigenvalue weighted by molar-refractivity contribution is -0.0501. The van der Waals surface area contributed by atoms with Gasteiger partial charge in [0.05, 0.1) is 24.8 Å². The zero-order chi connectivity index (χ0) is 15.2. The van der Waals surface area contributed by atoms with E-state index in [9.17, 15) is 13.6 Å². The monoisotopic (exact) mass is 294 g/mol. The van der Waals surface area contributed by atoms with Gasteiger partial charge in [0.25, 0.3) is 0 Å². The summed E-state index contributed by atoms with van der Waals surface area (Å²) in [6, 6.07) is 7.35. The molecule has 0 fully saturated rings. The van der Waals surface area contributed by atoms with Crippen molar-refractivity contribution in [1.82, 2.24) is 9.97 Å². The Morgan fingerprint density at radius 3 is 2.76 bits per heavy atom. The van der Waals surface area contributed by atoms with Crippen molar-refractivity contribution >= 4 is 5.78 Å². The number of ketones is 1. The van der Waals surface area contributed by atoms with Crippen molar-refractivity contribution in [3.05, 3.63) is 47.9 Å². The first kappa shape index (κ1) is 14.8. The number of rotatable bonds is 6. The number of carbonyl (C=O) groups excluding carboxylic acids is 1. The van der Waals surface area contributed by atoms with E-state index in [1.165, 1.54) is 37.7 Å². The minimum Gasteiger partial charge on any atom is -0.481 e. The highest BCUT2D eigenvalue weighted by molar-refractivity contribution is 5.99. The Morgan fingerprint density at radius 1 is 1.29 bits per heavy atom. The fourth-order valence-electron chi connectivity index (χ4n) is 1.74. The molecule has 1 aromatic heterocycles. The lowest BCUT2D eigenvalue weighted by atomic mass is 10.1. The lowest BCUT2D eigenvalue weighted by Crippen LogP contribution is -2.10. The van der Waals surface area contributed by atoms with Crippen LogP contribution in [0.25, 0.3) is 0 Å². The van der Waals surface area contributed by atoms with E-state index in [4.69, 9.17) is 4.74 Å². The summed E-state index contributed by atoms with van der Waals surface area (Å²) >= 11 is 0. The molecule has 0 atom stereocenters. The molecule has 0 aliphatic heterocycles. The topological polar surface area (TPSA) is 61.3 Å². The molecule has 1 heterocycles. The van der Waals surface area contributed by atoms with E-state index in [1.54, 1.807) is 6.07 Å². The smallest absolute Gasteiger partial charge is 0.387 e. The van der Waals surface area contributed by atoms with Gasteiger partial charge in [-0.1, -0.05) is 12.1 Å². The summed E-state index contributed by atoms with van der Waals surface area (Å²) in [7, 11) is 1.44. The molecule has 0 unspecified atom stereocenters. The molecular formula is C14H12F2N2O3. The highest BCUT2D eigenvalue weighted by Gasteiger charge is 2.16. The molecule has 0 saturated carbocycles. The molecule has 21 heavy (non-hydrogen) atoms. The van der Waals surface area contributed by atoms with Gasteiger partial charge in [-0.25, -0.2) is 9.97 Å². The highest BCUT2D eigenvalue weighted by Crippen LogP contribution is 2.22. The van der Waals surface area contributed by atoms with E-state index >= 15 is 0 Å². The molecule has 0 amide bonds. The first-order valence-electron chi connectivity index (χ1n) is 6.02. The zero-order valence-corrected chi connectivity index (χ0v) is 11.1. The number of aromatic nitrogens is 2. The SMILES string of the molecule is COc1cc(CC(=O)c2ccccc2OC(F)F)ncn1. The van der Waals surface area contributed by atoms with Crippen LogP contribution in [0.3, 0.4) is 0 Å². The molecule has 2 rings (SSSR count). The summed E-state index contributed by atoms with van der Waals surface area (Å²) in [5, 5.41) is 0. The summed E-state index contributed by atoms with van der Waals surface area (Å²) in [5.74, 6) is -0.213. The maximum atomic E-state index is 12.3. The van der Waals surface area contributed by atoms with Gasteiger partial charge >= 0.3 is 6.61 Å². The molecule has 0 bridgehead atoms. The van der Waals surface area contributed by atoms with Crippen LogP contribution in [-0.4, -0.2) is 29.5 Å². The number of para-hydroxylation sites is 1. The Labute approximate surface area is 119 Å². The van der Waals surface area contributed by atoms with Crippen LogP contribution in [0, 0.1) is 0 Å². The first-order chi connectivity index (χ1) is 10.1. The summed E-state index contributed by atoms with van der Waals surface area (Å²) in [6.45, 7) is -2.99. The Bertz CT molecular complexity index is 635. The van der Waals surface area contributed by atoms with Crippen LogP contribution >= 0.6 is 0 Å². The summed E-state index contributed by atoms with van der Waals surface area (Å²) in [4.78, 5) is 20.0. The highest BCUT2D eigenvalue weighted by atomic mass is 19.3. The first-order valence-corrected chi connectivity index (χ1v) is 6.02. The van der Waals surface area contributed by atoms with Gasteiger partial charge in [-0.2, -0.15) is 8.78 Å². The summed E-state index contributed by atoms with van der Waals surface area (Å²) in [6.07, 6.45) is 1.20. The Morgan fingerprint density at radius 2 is 2.05 bits per heavy atom. The van der Waals surface area contributed by atoms with Gasteiger partial charge in [-0.05, 0) is 12.1 Å². The maximum Gasteiger partial charge on any atom is 0.387 e. The molecule has 0 aliphatic rings. The average molecular weight is 294 g/mol. The average Bonchev–Trinajstić information content (AvgIpc) is 2.47. The molecule has 0 radical (unpaired) electrons. The number of halogens is 2. The summed E-state index contributed by atoms with van der Waals surface area (Å²) in [5.41, 5.74) is 0.508. The van der Waals surface area contributed by atoms with Gasteiger partial charge < -0.3 is 9.47 Å². The number of methoxy groups -OCH3 is 1. The van der Waals surface area contributed by atoms with Crippen LogP contribution in [0.15, 0.2) is 36.7 Å². The normalized spacial score (nSPS) is 10.5. The number of Topliss-reactive ketones (excluding diaryl/α,β-unsaturated/α-hetero) is 1. The van der Waals surface area contributed by atoms with E-state index in [2.05, 4.69) is 14.7 Å². The third kappa shape index (κ3) is 3.95. The van der Waals surface area contributed by atoms with Gasteiger partial charge in [0.1, 0.15) is 12.1 Å². The number of hydrogen-bond acceptors (Lipinski definition) is 5. The number of ether oxygens (including phenoxy) is 2. The van der Waals surface area contributed by atoms with Crippen LogP contribution < -0.4 is 9.47 Å². The predicted molar refractivity (Wildman–Crippen MR) is 69.7 cm³/mol. The van der Waals surface area contributed by atoms with Crippen molar-refractivity contribution in [2.75, 3.05) is 7.11 Å². The molecule has 110 valence electrons. The molecule has 0 aliphatic carbocycles. The molecule has 7 heteroatoms. The largest absolute Gasteiger partial charge is 0.481 e. The molecule has 0 spiro atoms. The molecule has 1 aromatic carbocycles. The Kier molecular flexibility index (Phi) is 4.76. The summed E-state index contributed by atoms with van der Waals surface area (Å²) < 4.78 is 33.9. The lowest BCUT2D eigenvalue weighted by Gasteiger charge is -2.09. The molecule has 0 N–H and O–H groups in total.